The third-order valence-corrected chi connectivity index (χ3v) is 5.38. The number of halogens is 1. The average Bonchev–Trinajstić information content (AvgIpc) is 2.86. The lowest BCUT2D eigenvalue weighted by Gasteiger charge is -2.27. The Labute approximate surface area is 179 Å². The summed E-state index contributed by atoms with van der Waals surface area (Å²) in [7, 11) is 1.74. The van der Waals surface area contributed by atoms with Crippen LogP contribution in [0.4, 0.5) is 5.69 Å². The Hall–Kier alpha value is -2.37. The van der Waals surface area contributed by atoms with Gasteiger partial charge < -0.3 is 15.5 Å². The number of carbonyl (C=O) groups is 2. The summed E-state index contributed by atoms with van der Waals surface area (Å²) in [4.78, 5) is 27.5. The van der Waals surface area contributed by atoms with Gasteiger partial charge in [-0.1, -0.05) is 48.5 Å². The molecule has 0 fully saturated rings. The summed E-state index contributed by atoms with van der Waals surface area (Å²) in [6, 6.07) is 17.6. The standard InChI is InChI=1S/C23H29N3O2.ClH/c1-17(24-2)22(27)25-20-15-14-19-12-6-7-13-21(19)26(23(20)28)16-8-11-18-9-4-3-5-10-18;/h3-7,9-10,12-13,17,20,24H,8,11,14-16H2,1-2H3,(H,25,27);1H/t17-,20?;/m0./s1. The Morgan fingerprint density at radius 1 is 1.14 bits per heavy atom. The first kappa shape index (κ1) is 22.9. The lowest BCUT2D eigenvalue weighted by molar-refractivity contribution is -0.128. The van der Waals surface area contributed by atoms with Crippen molar-refractivity contribution in [2.75, 3.05) is 18.5 Å². The molecule has 0 saturated heterocycles. The number of hydrogen-bond donors (Lipinski definition) is 2. The van der Waals surface area contributed by atoms with Crippen LogP contribution in [0.3, 0.4) is 0 Å². The largest absolute Gasteiger partial charge is 0.343 e. The number of nitrogens with one attached hydrogen (secondary N) is 2. The Morgan fingerprint density at radius 2 is 1.83 bits per heavy atom. The van der Waals surface area contributed by atoms with Crippen molar-refractivity contribution in [3.8, 4) is 0 Å². The molecule has 0 bridgehead atoms. The van der Waals surface area contributed by atoms with Crippen LogP contribution >= 0.6 is 12.4 Å². The molecule has 0 aliphatic carbocycles. The lowest BCUT2D eigenvalue weighted by Crippen LogP contribution is -2.52. The molecule has 1 heterocycles. The molecule has 29 heavy (non-hydrogen) atoms. The van der Waals surface area contributed by atoms with E-state index in [0.717, 1.165) is 30.5 Å². The van der Waals surface area contributed by atoms with E-state index in [1.165, 1.54) is 5.56 Å². The number of hydrogen-bond acceptors (Lipinski definition) is 3. The maximum Gasteiger partial charge on any atom is 0.249 e. The summed E-state index contributed by atoms with van der Waals surface area (Å²) in [6.07, 6.45) is 3.18. The highest BCUT2D eigenvalue weighted by molar-refractivity contribution is 6.00. The number of rotatable bonds is 7. The zero-order valence-corrected chi connectivity index (χ0v) is 17.9. The van der Waals surface area contributed by atoms with E-state index in [4.69, 9.17) is 0 Å². The van der Waals surface area contributed by atoms with Gasteiger partial charge in [0.15, 0.2) is 0 Å². The van der Waals surface area contributed by atoms with Gasteiger partial charge in [-0.25, -0.2) is 0 Å². The molecule has 2 aromatic carbocycles. The van der Waals surface area contributed by atoms with Gasteiger partial charge in [0.2, 0.25) is 11.8 Å². The van der Waals surface area contributed by atoms with Crippen LogP contribution in [0.5, 0.6) is 0 Å². The zero-order chi connectivity index (χ0) is 19.9. The van der Waals surface area contributed by atoms with Gasteiger partial charge in [-0.2, -0.15) is 0 Å². The van der Waals surface area contributed by atoms with Crippen molar-refractivity contribution < 1.29 is 9.59 Å². The van der Waals surface area contributed by atoms with E-state index in [9.17, 15) is 9.59 Å². The van der Waals surface area contributed by atoms with Crippen LogP contribution in [0.1, 0.15) is 30.9 Å². The van der Waals surface area contributed by atoms with Crippen LogP contribution in [0.25, 0.3) is 0 Å². The smallest absolute Gasteiger partial charge is 0.249 e. The van der Waals surface area contributed by atoms with Gasteiger partial charge in [0, 0.05) is 12.2 Å². The highest BCUT2D eigenvalue weighted by Gasteiger charge is 2.31. The molecule has 1 aliphatic heterocycles. The first-order valence-electron chi connectivity index (χ1n) is 10.0. The average molecular weight is 416 g/mol. The molecule has 156 valence electrons. The fraction of sp³-hybridized carbons (Fsp3) is 0.391. The molecule has 0 spiro atoms. The van der Waals surface area contributed by atoms with Crippen molar-refractivity contribution >= 4 is 29.9 Å². The quantitative estimate of drug-likeness (QED) is 0.730. The van der Waals surface area contributed by atoms with E-state index in [1.807, 2.05) is 41.3 Å². The van der Waals surface area contributed by atoms with E-state index in [-0.39, 0.29) is 30.3 Å². The van der Waals surface area contributed by atoms with Gasteiger partial charge in [0.25, 0.3) is 0 Å². The number of para-hydroxylation sites is 1. The minimum absolute atomic E-state index is 0. The van der Waals surface area contributed by atoms with E-state index >= 15 is 0 Å². The van der Waals surface area contributed by atoms with Crippen LogP contribution < -0.4 is 15.5 Å². The number of aryl methyl sites for hydroxylation is 2. The van der Waals surface area contributed by atoms with Gasteiger partial charge in [0.05, 0.1) is 6.04 Å². The minimum atomic E-state index is -0.493. The lowest BCUT2D eigenvalue weighted by atomic mass is 10.1. The number of nitrogens with zero attached hydrogens (tertiary/aromatic N) is 1. The second-order valence-electron chi connectivity index (χ2n) is 7.32. The van der Waals surface area contributed by atoms with Crippen LogP contribution in [-0.4, -0.2) is 37.5 Å². The molecule has 2 amide bonds. The molecular formula is C23H30ClN3O2. The van der Waals surface area contributed by atoms with Gasteiger partial charge in [0.1, 0.15) is 6.04 Å². The first-order valence-corrected chi connectivity index (χ1v) is 10.0. The molecule has 1 aliphatic rings. The number of carbonyl (C=O) groups excluding carboxylic acids is 2. The maximum atomic E-state index is 13.3. The highest BCUT2D eigenvalue weighted by atomic mass is 35.5. The Bertz CT molecular complexity index is 813. The minimum Gasteiger partial charge on any atom is -0.343 e. The molecule has 0 saturated carbocycles. The number of fused-ring (bicyclic) bond motifs is 1. The van der Waals surface area contributed by atoms with Crippen LogP contribution in [0.15, 0.2) is 54.6 Å². The predicted molar refractivity (Wildman–Crippen MR) is 120 cm³/mol. The highest BCUT2D eigenvalue weighted by Crippen LogP contribution is 2.27. The summed E-state index contributed by atoms with van der Waals surface area (Å²) in [5.74, 6) is -0.161. The van der Waals surface area contributed by atoms with E-state index < -0.39 is 6.04 Å². The van der Waals surface area contributed by atoms with Gasteiger partial charge >= 0.3 is 0 Å². The van der Waals surface area contributed by atoms with Crippen molar-refractivity contribution in [1.82, 2.24) is 10.6 Å². The molecule has 2 atom stereocenters. The van der Waals surface area contributed by atoms with Crippen molar-refractivity contribution in [3.63, 3.8) is 0 Å². The zero-order valence-electron chi connectivity index (χ0n) is 17.1. The molecule has 1 unspecified atom stereocenters. The number of benzene rings is 2. The molecule has 2 N–H and O–H groups in total. The fourth-order valence-electron chi connectivity index (χ4n) is 3.59. The second-order valence-corrected chi connectivity index (χ2v) is 7.32. The molecule has 2 aromatic rings. The summed E-state index contributed by atoms with van der Waals surface area (Å²) in [5, 5.41) is 5.87. The topological polar surface area (TPSA) is 61.4 Å². The normalized spacial score (nSPS) is 17.0. The van der Waals surface area contributed by atoms with E-state index in [0.29, 0.717) is 13.0 Å². The number of amides is 2. The Morgan fingerprint density at radius 3 is 2.55 bits per heavy atom. The van der Waals surface area contributed by atoms with Gasteiger partial charge in [-0.3, -0.25) is 9.59 Å². The summed E-state index contributed by atoms with van der Waals surface area (Å²) in [6.45, 7) is 2.43. The van der Waals surface area contributed by atoms with E-state index in [1.54, 1.807) is 14.0 Å². The Balaban J connectivity index is 0.00000300. The molecule has 6 heteroatoms. The van der Waals surface area contributed by atoms with Crippen molar-refractivity contribution in [1.29, 1.82) is 0 Å². The van der Waals surface area contributed by atoms with Crippen molar-refractivity contribution in [2.24, 2.45) is 0 Å². The van der Waals surface area contributed by atoms with Crippen LogP contribution in [0.2, 0.25) is 0 Å². The third-order valence-electron chi connectivity index (χ3n) is 5.38. The molecule has 0 radical (unpaired) electrons. The monoisotopic (exact) mass is 415 g/mol. The second kappa shape index (κ2) is 11.0. The SMILES string of the molecule is CN[C@@H](C)C(=O)NC1CCc2ccccc2N(CCCc2ccccc2)C1=O.Cl. The summed E-state index contributed by atoms with van der Waals surface area (Å²) >= 11 is 0. The van der Waals surface area contributed by atoms with Gasteiger partial charge in [-0.05, 0) is 56.8 Å². The molecular weight excluding hydrogens is 386 g/mol. The van der Waals surface area contributed by atoms with Crippen LogP contribution in [0, 0.1) is 0 Å². The third kappa shape index (κ3) is 5.81. The predicted octanol–water partition coefficient (Wildman–Crippen LogP) is 3.11. The van der Waals surface area contributed by atoms with Gasteiger partial charge in [-0.15, -0.1) is 12.4 Å². The molecule has 0 aromatic heterocycles. The van der Waals surface area contributed by atoms with E-state index in [2.05, 4.69) is 28.8 Å². The van der Waals surface area contributed by atoms with Crippen LogP contribution in [-0.2, 0) is 22.4 Å². The molecule has 3 rings (SSSR count). The van der Waals surface area contributed by atoms with Crippen molar-refractivity contribution in [3.05, 3.63) is 65.7 Å². The number of anilines is 1. The Kier molecular flexibility index (Phi) is 8.68. The summed E-state index contributed by atoms with van der Waals surface area (Å²) < 4.78 is 0. The first-order chi connectivity index (χ1) is 13.6. The summed E-state index contributed by atoms with van der Waals surface area (Å²) in [5.41, 5.74) is 3.40. The molecule has 5 nitrogen and oxygen atoms in total. The fourth-order valence-corrected chi connectivity index (χ4v) is 3.59. The maximum absolute atomic E-state index is 13.3. The number of likely N-dealkylation sites (N-methyl/N-ethyl adjacent to an activating group) is 1. The van der Waals surface area contributed by atoms with Crippen molar-refractivity contribution in [2.45, 2.75) is 44.7 Å².